The number of aromatic amines is 1. The van der Waals surface area contributed by atoms with Crippen LogP contribution in [-0.2, 0) is 4.74 Å². The molecule has 1 saturated heterocycles. The molecule has 2 rings (SSSR count). The number of hydrogen-bond donors (Lipinski definition) is 2. The summed E-state index contributed by atoms with van der Waals surface area (Å²) in [7, 11) is 0. The number of nitrogens with one attached hydrogen (secondary N) is 1. The molecule has 1 aliphatic heterocycles. The molecular formula is C11H15N3O5. The number of rotatable bonds is 3. The molecule has 19 heavy (non-hydrogen) atoms. The molecule has 1 fully saturated rings. The smallest absolute Gasteiger partial charge is 0.321 e. The Morgan fingerprint density at radius 3 is 2.95 bits per heavy atom. The lowest BCUT2D eigenvalue weighted by atomic mass is 10.2. The molecule has 2 unspecified atom stereocenters. The first-order valence-electron chi connectivity index (χ1n) is 5.90. The van der Waals surface area contributed by atoms with Gasteiger partial charge in [-0.25, -0.2) is 4.98 Å². The molecule has 8 nitrogen and oxygen atoms in total. The molecule has 104 valence electrons. The van der Waals surface area contributed by atoms with Crippen LogP contribution in [0.25, 0.3) is 0 Å². The van der Waals surface area contributed by atoms with Crippen molar-refractivity contribution in [2.24, 2.45) is 0 Å². The van der Waals surface area contributed by atoms with Crippen LogP contribution in [0.1, 0.15) is 17.4 Å². The Labute approximate surface area is 109 Å². The quantitative estimate of drug-likeness (QED) is 0.599. The van der Waals surface area contributed by atoms with Gasteiger partial charge in [0.2, 0.25) is 0 Å². The number of amides is 1. The highest BCUT2D eigenvalue weighted by Crippen LogP contribution is 2.16. The summed E-state index contributed by atoms with van der Waals surface area (Å²) in [5.74, 6) is -0.551. The predicted molar refractivity (Wildman–Crippen MR) is 64.8 cm³/mol. The Bertz CT molecular complexity index is 486. The van der Waals surface area contributed by atoms with Crippen LogP contribution in [0.3, 0.4) is 0 Å². The van der Waals surface area contributed by atoms with E-state index in [0.717, 1.165) is 0 Å². The first kappa shape index (κ1) is 13.5. The lowest BCUT2D eigenvalue weighted by molar-refractivity contribution is -0.389. The molecule has 1 aromatic rings. The highest BCUT2D eigenvalue weighted by atomic mass is 16.6. The molecule has 0 radical (unpaired) electrons. The van der Waals surface area contributed by atoms with E-state index in [-0.39, 0.29) is 36.7 Å². The normalized spacial score (nSPS) is 23.4. The van der Waals surface area contributed by atoms with E-state index in [0.29, 0.717) is 6.54 Å². The maximum atomic E-state index is 12.2. The second-order valence-electron chi connectivity index (χ2n) is 4.48. The van der Waals surface area contributed by atoms with Crippen LogP contribution in [0.2, 0.25) is 0 Å². The van der Waals surface area contributed by atoms with Gasteiger partial charge in [0.15, 0.2) is 5.69 Å². The largest absolute Gasteiger partial charge is 0.394 e. The van der Waals surface area contributed by atoms with Gasteiger partial charge in [-0.3, -0.25) is 4.79 Å². The third kappa shape index (κ3) is 2.91. The van der Waals surface area contributed by atoms with E-state index in [9.17, 15) is 14.9 Å². The fourth-order valence-corrected chi connectivity index (χ4v) is 2.10. The highest BCUT2D eigenvalue weighted by Gasteiger charge is 2.30. The monoisotopic (exact) mass is 269 g/mol. The van der Waals surface area contributed by atoms with Gasteiger partial charge in [0, 0.05) is 19.2 Å². The van der Waals surface area contributed by atoms with Crippen molar-refractivity contribution in [3.05, 3.63) is 27.9 Å². The van der Waals surface area contributed by atoms with Crippen LogP contribution < -0.4 is 0 Å². The molecule has 2 N–H and O–H groups in total. The van der Waals surface area contributed by atoms with E-state index in [4.69, 9.17) is 9.84 Å². The van der Waals surface area contributed by atoms with Crippen molar-refractivity contribution in [2.75, 3.05) is 19.7 Å². The number of aliphatic hydroxyl groups is 1. The third-order valence-corrected chi connectivity index (χ3v) is 2.91. The molecule has 0 bridgehead atoms. The van der Waals surface area contributed by atoms with E-state index >= 15 is 0 Å². The first-order chi connectivity index (χ1) is 9.01. The van der Waals surface area contributed by atoms with Crippen LogP contribution in [0, 0.1) is 10.1 Å². The lowest BCUT2D eigenvalue weighted by Crippen LogP contribution is -2.50. The van der Waals surface area contributed by atoms with E-state index in [2.05, 4.69) is 4.98 Å². The third-order valence-electron chi connectivity index (χ3n) is 2.91. The molecule has 0 aliphatic carbocycles. The number of morpholine rings is 1. The van der Waals surface area contributed by atoms with Crippen molar-refractivity contribution in [2.45, 2.75) is 19.1 Å². The van der Waals surface area contributed by atoms with E-state index in [1.165, 1.54) is 17.0 Å². The number of H-pyrrole nitrogens is 1. The van der Waals surface area contributed by atoms with Gasteiger partial charge in [0.1, 0.15) is 0 Å². The summed E-state index contributed by atoms with van der Waals surface area (Å²) in [5, 5.41) is 19.7. The second-order valence-corrected chi connectivity index (χ2v) is 4.48. The number of carbonyl (C=O) groups is 1. The summed E-state index contributed by atoms with van der Waals surface area (Å²) in [5.41, 5.74) is 0.164. The fourth-order valence-electron chi connectivity index (χ4n) is 2.10. The molecule has 2 atom stereocenters. The molecule has 0 saturated carbocycles. The van der Waals surface area contributed by atoms with Crippen LogP contribution in [0.4, 0.5) is 5.82 Å². The minimum absolute atomic E-state index is 0.164. The van der Waals surface area contributed by atoms with Crippen molar-refractivity contribution in [1.29, 1.82) is 0 Å². The zero-order valence-electron chi connectivity index (χ0n) is 10.4. The minimum Gasteiger partial charge on any atom is -0.394 e. The molecule has 1 aromatic heterocycles. The van der Waals surface area contributed by atoms with Gasteiger partial charge in [-0.05, 0) is 17.9 Å². The SMILES string of the molecule is CC1CN(C(=O)c2ccc([N+](=O)[O-])[nH]2)CC(CO)O1. The summed E-state index contributed by atoms with van der Waals surface area (Å²) >= 11 is 0. The Morgan fingerprint density at radius 2 is 2.37 bits per heavy atom. The number of aliphatic hydroxyl groups excluding tert-OH is 1. The fraction of sp³-hybridized carbons (Fsp3) is 0.545. The number of ether oxygens (including phenoxy) is 1. The van der Waals surface area contributed by atoms with Crippen LogP contribution >= 0.6 is 0 Å². The van der Waals surface area contributed by atoms with Crippen LogP contribution in [0.15, 0.2) is 12.1 Å². The maximum absolute atomic E-state index is 12.2. The second kappa shape index (κ2) is 5.37. The van der Waals surface area contributed by atoms with Gasteiger partial charge in [0.25, 0.3) is 5.91 Å². The van der Waals surface area contributed by atoms with Gasteiger partial charge in [-0.1, -0.05) is 0 Å². The lowest BCUT2D eigenvalue weighted by Gasteiger charge is -2.35. The Kier molecular flexibility index (Phi) is 3.82. The minimum atomic E-state index is -0.588. The summed E-state index contributed by atoms with van der Waals surface area (Å²) in [6, 6.07) is 2.63. The van der Waals surface area contributed by atoms with Gasteiger partial charge in [-0.2, -0.15) is 0 Å². The predicted octanol–water partition coefficient (Wildman–Crippen LogP) is 0.145. The number of aromatic nitrogens is 1. The van der Waals surface area contributed by atoms with Gasteiger partial charge < -0.3 is 24.9 Å². The van der Waals surface area contributed by atoms with Crippen molar-refractivity contribution < 1.29 is 19.6 Å². The Hall–Kier alpha value is -1.93. The molecule has 2 heterocycles. The number of nitro groups is 1. The summed E-state index contributed by atoms with van der Waals surface area (Å²) in [4.78, 5) is 26.1. The molecule has 1 amide bonds. The van der Waals surface area contributed by atoms with Crippen LogP contribution in [0.5, 0.6) is 0 Å². The topological polar surface area (TPSA) is 109 Å². The maximum Gasteiger partial charge on any atom is 0.321 e. The van der Waals surface area contributed by atoms with Gasteiger partial charge >= 0.3 is 5.82 Å². The average molecular weight is 269 g/mol. The average Bonchev–Trinajstić information content (AvgIpc) is 2.86. The summed E-state index contributed by atoms with van der Waals surface area (Å²) < 4.78 is 5.43. The highest BCUT2D eigenvalue weighted by molar-refractivity contribution is 5.93. The first-order valence-corrected chi connectivity index (χ1v) is 5.90. The van der Waals surface area contributed by atoms with Crippen molar-refractivity contribution in [1.82, 2.24) is 9.88 Å². The number of nitrogens with zero attached hydrogens (tertiary/aromatic N) is 2. The summed E-state index contributed by atoms with van der Waals surface area (Å²) in [6.45, 7) is 2.30. The van der Waals surface area contributed by atoms with Crippen molar-refractivity contribution in [3.8, 4) is 0 Å². The zero-order valence-corrected chi connectivity index (χ0v) is 10.4. The molecule has 0 aromatic carbocycles. The molecular weight excluding hydrogens is 254 g/mol. The van der Waals surface area contributed by atoms with Gasteiger partial charge in [-0.15, -0.1) is 0 Å². The zero-order chi connectivity index (χ0) is 14.0. The molecule has 8 heteroatoms. The van der Waals surface area contributed by atoms with Gasteiger partial charge in [0.05, 0.1) is 18.8 Å². The van der Waals surface area contributed by atoms with Crippen molar-refractivity contribution in [3.63, 3.8) is 0 Å². The van der Waals surface area contributed by atoms with E-state index < -0.39 is 11.0 Å². The molecule has 0 spiro atoms. The van der Waals surface area contributed by atoms with E-state index in [1.54, 1.807) is 6.92 Å². The number of hydrogen-bond acceptors (Lipinski definition) is 5. The number of carbonyl (C=O) groups excluding carboxylic acids is 1. The van der Waals surface area contributed by atoms with E-state index in [1.807, 2.05) is 0 Å². The van der Waals surface area contributed by atoms with Crippen LogP contribution in [-0.4, -0.2) is 57.7 Å². The Balaban J connectivity index is 2.11. The standard InChI is InChI=1S/C11H15N3O5/c1-7-4-13(5-8(6-15)19-7)11(16)9-2-3-10(12-9)14(17)18/h2-3,7-8,12,15H,4-6H2,1H3. The Morgan fingerprint density at radius 1 is 1.63 bits per heavy atom. The van der Waals surface area contributed by atoms with Crippen molar-refractivity contribution >= 4 is 11.7 Å². The molecule has 1 aliphatic rings. The summed E-state index contributed by atoms with van der Waals surface area (Å²) in [6.07, 6.45) is -0.600.